The second kappa shape index (κ2) is 184. The number of aliphatic carboxylic acids is 3. The molecule has 44 heteroatoms. The van der Waals surface area contributed by atoms with E-state index in [0.29, 0.717) is 73.9 Å². The van der Waals surface area contributed by atoms with Gasteiger partial charge >= 0.3 is 115 Å². The summed E-state index contributed by atoms with van der Waals surface area (Å²) in [5, 5.41) is 73.0. The summed E-state index contributed by atoms with van der Waals surface area (Å²) in [7, 11) is 20.1. The molecule has 0 bridgehead atoms. The van der Waals surface area contributed by atoms with Gasteiger partial charge in [0.2, 0.25) is 5.60 Å². The predicted molar refractivity (Wildman–Crippen MR) is 531 cm³/mol. The molecule has 0 spiro atoms. The van der Waals surface area contributed by atoms with Crippen LogP contribution in [0.4, 0.5) is 0 Å². The Hall–Kier alpha value is -6.42. The second-order valence-corrected chi connectivity index (χ2v) is 24.4. The van der Waals surface area contributed by atoms with Gasteiger partial charge in [-0.15, -0.1) is 0 Å². The molecule has 0 saturated heterocycles. The van der Waals surface area contributed by atoms with Crippen LogP contribution in [0.2, 0.25) is 0 Å². The van der Waals surface area contributed by atoms with Crippen LogP contribution in [0.15, 0.2) is 96.9 Å². The monoisotopic (exact) mass is 2550 g/mol. The summed E-state index contributed by atoms with van der Waals surface area (Å²) in [4.78, 5) is 120. The quantitative estimate of drug-likeness (QED) is 0.00472. The standard InChI is InChI=1S/C9H14O3.C6H14O3.2C6H12O3.C5H12O3.C5H10O3.2C5H10O2.2C5H8O2.C4H8O2.2C4H6O2.2C4H6O.C3H8.4C2H6.CH4O.3CH3.3Au.6H2O/c1-7-4-5-9(2,12-6-7)8(10)11-3;3*1-5(4-8-2)6(7)9-3;2*1-4(3-8-2)5(6)7;2*1-5(3-6)4-7-2;2*1-4(2)5(6)7-3;3*1-3(2)4(5)6;2*1-4(2)3-5;1-3-2;5*1-2;;;;;;;;;;;;/h6H,4-5H2,1-3H3;5-7H,4H2,1-3H3;2*5H,4H2,1-3H3;4-7H,3H2,1-2H3;4H,3H2,1-2H3,(H,6,7);2*3,5H,4H2,1-2H3;2*1H2,2-3H3;4-6H,1H2,2H3;2*1H2,2H3,(H,5,6);2*3H,1H2,2H3;3H2,1-2H3;4*1-2H3;2H,1H3;3*1H3;;;;6*1H2/q;;;;;;;;;;;;;;;;;;;;;3*-1;3*+1;;;;;;. The molecule has 1 rings (SSSR count). The van der Waals surface area contributed by atoms with Crippen molar-refractivity contribution in [2.24, 2.45) is 41.4 Å². The Bertz CT molecular complexity index is 2450. The summed E-state index contributed by atoms with van der Waals surface area (Å²) in [6.07, 6.45) is 4.38. The average Bonchev–Trinajstić information content (AvgIpc) is 0.836. The normalized spacial score (nSPS) is 11.1. The minimum absolute atomic E-state index is 0. The molecule has 0 amide bonds. The van der Waals surface area contributed by atoms with Crippen LogP contribution in [-0.2, 0) is 191 Å². The Balaban J connectivity index is -0.0000000281. The number of carbonyl (C=O) groups is 12. The van der Waals surface area contributed by atoms with Gasteiger partial charge in [-0.1, -0.05) is 149 Å². The fraction of sp³-hybridized carbons (Fsp3) is 0.663. The molecule has 0 radical (unpaired) electrons. The van der Waals surface area contributed by atoms with Gasteiger partial charge in [0.25, 0.3) is 0 Å². The zero-order chi connectivity index (χ0) is 104. The summed E-state index contributed by atoms with van der Waals surface area (Å²) in [5.74, 6) is -4.88. The van der Waals surface area contributed by atoms with E-state index in [1.807, 2.05) is 83.1 Å². The van der Waals surface area contributed by atoms with Crippen LogP contribution in [0.25, 0.3) is 0 Å². The van der Waals surface area contributed by atoms with Gasteiger partial charge < -0.3 is 177 Å². The van der Waals surface area contributed by atoms with E-state index >= 15 is 0 Å². The van der Waals surface area contributed by atoms with Gasteiger partial charge in [0.05, 0.1) is 106 Å². The molecule has 1 aliphatic rings. The van der Waals surface area contributed by atoms with E-state index in [0.717, 1.165) is 44.2 Å². The number of carboxylic acid groups (broad SMARTS) is 3. The molecule has 0 aromatic carbocycles. The van der Waals surface area contributed by atoms with E-state index in [1.165, 1.54) is 77.1 Å². The first-order valence-corrected chi connectivity index (χ1v) is 39.1. The van der Waals surface area contributed by atoms with E-state index in [-0.39, 0.29) is 211 Å². The SMILES string of the molecule is C=C(C)C(=O)O.C=C(C)C(=O)O.C=C(C)C(=O)OC.C=C(C)C(=O)OC.C=C(C)C(O)O.C=C(C)C=O.C=C(C)C=O.CC.CC.CC.CC.CCC.CO.COC(=O)C1(C)CCC(C)=CO1.COCC(C)C(=O)O.COCC(C)C(=O)OC.COCC(C)C(=O)OC.COCC(C)C(O)O.COCC(C)C(O)OC.COCC(C)C=O.COCC(C)C=O.O.O.O.O.O.O.[Au+].[Au+].[Au+].[CH3-].[CH3-].[CH3-]. The number of aldehydes is 4. The maximum atomic E-state index is 11.2. The number of esters is 5. The Kier molecular flexibility index (Phi) is 305. The van der Waals surface area contributed by atoms with E-state index in [2.05, 4.69) is 107 Å². The number of allylic oxidation sites excluding steroid dienone is 3. The number of rotatable bonds is 30. The second-order valence-electron chi connectivity index (χ2n) is 24.4. The van der Waals surface area contributed by atoms with Gasteiger partial charge in [0.15, 0.2) is 18.9 Å². The largest absolute Gasteiger partial charge is 1.00 e. The smallest absolute Gasteiger partial charge is 0.484 e. The van der Waals surface area contributed by atoms with Crippen molar-refractivity contribution < 1.29 is 270 Å². The van der Waals surface area contributed by atoms with Gasteiger partial charge in [-0.3, -0.25) is 24.0 Å². The van der Waals surface area contributed by atoms with Gasteiger partial charge in [0, 0.05) is 116 Å². The fourth-order valence-corrected chi connectivity index (χ4v) is 4.39. The number of hydrogen-bond donors (Lipinski definition) is 9. The Morgan fingerprint density at radius 3 is 0.743 bits per heavy atom. The van der Waals surface area contributed by atoms with Crippen LogP contribution in [0.5, 0.6) is 0 Å². The molecule has 9 unspecified atom stereocenters. The molecule has 846 valence electrons. The van der Waals surface area contributed by atoms with Gasteiger partial charge in [0.1, 0.15) is 25.1 Å². The van der Waals surface area contributed by atoms with E-state index in [1.54, 1.807) is 111 Å². The van der Waals surface area contributed by atoms with Crippen LogP contribution < -0.4 is 0 Å². The molecule has 0 aromatic heterocycles. The first-order chi connectivity index (χ1) is 57.5. The molecule has 0 fully saturated rings. The van der Waals surface area contributed by atoms with Gasteiger partial charge in [-0.25, -0.2) is 24.0 Å². The van der Waals surface area contributed by atoms with Crippen LogP contribution in [0, 0.1) is 63.7 Å². The maximum Gasteiger partial charge on any atom is 1.00 e. The molecule has 21 N–H and O–H groups in total. The van der Waals surface area contributed by atoms with Crippen molar-refractivity contribution in [2.75, 3.05) is 146 Å². The Morgan fingerprint density at radius 2 is 0.640 bits per heavy atom. The van der Waals surface area contributed by atoms with Crippen LogP contribution in [-0.4, -0.2) is 322 Å². The third-order valence-electron chi connectivity index (χ3n) is 11.1. The number of aliphatic hydroxyl groups excluding tert-OH is 4. The number of hydrogen-bond acceptors (Lipinski definition) is 32. The summed E-state index contributed by atoms with van der Waals surface area (Å²) in [6.45, 7) is 73.2. The fourth-order valence-electron chi connectivity index (χ4n) is 4.39. The Labute approximate surface area is 867 Å². The van der Waals surface area contributed by atoms with Crippen molar-refractivity contribution in [1.82, 2.24) is 0 Å². The van der Waals surface area contributed by atoms with Crippen molar-refractivity contribution in [3.63, 3.8) is 0 Å². The third kappa shape index (κ3) is 238. The number of carbonyl (C=O) groups excluding carboxylic acids is 9. The van der Waals surface area contributed by atoms with E-state index < -0.39 is 42.4 Å². The zero-order valence-electron chi connectivity index (χ0n) is 90.7. The molecule has 136 heavy (non-hydrogen) atoms. The van der Waals surface area contributed by atoms with Crippen molar-refractivity contribution in [1.29, 1.82) is 0 Å². The molecule has 9 atom stereocenters. The molecule has 0 aromatic rings. The number of aliphatic hydroxyl groups is 6. The summed E-state index contributed by atoms with van der Waals surface area (Å²) in [6, 6.07) is 0. The molecular formula is C92H199Au3O41. The predicted octanol–water partition coefficient (Wildman–Crippen LogP) is 9.30. The minimum atomic E-state index is -1.34. The van der Waals surface area contributed by atoms with Gasteiger partial charge in [-0.2, -0.15) is 0 Å². The van der Waals surface area contributed by atoms with Crippen molar-refractivity contribution >= 4 is 72.9 Å². The first kappa shape index (κ1) is 225. The number of carboxylic acids is 3. The van der Waals surface area contributed by atoms with E-state index in [9.17, 15) is 57.5 Å². The molecule has 1 heterocycles. The van der Waals surface area contributed by atoms with Gasteiger partial charge in [-0.05, 0) is 112 Å². The zero-order valence-corrected chi connectivity index (χ0v) is 97.2. The molecule has 0 saturated carbocycles. The van der Waals surface area contributed by atoms with Crippen LogP contribution in [0.3, 0.4) is 0 Å². The third-order valence-corrected chi connectivity index (χ3v) is 11.1. The molecular weight excluding hydrogens is 2350 g/mol. The van der Waals surface area contributed by atoms with Crippen LogP contribution in [0.1, 0.15) is 199 Å². The first-order valence-electron chi connectivity index (χ1n) is 39.1. The number of ether oxygens (including phenoxy) is 14. The number of methoxy groups -OCH3 is 13. The molecule has 1 aliphatic heterocycles. The van der Waals surface area contributed by atoms with Crippen molar-refractivity contribution in [3.8, 4) is 0 Å². The summed E-state index contributed by atoms with van der Waals surface area (Å²) >= 11 is 0. The Morgan fingerprint density at radius 1 is 0.419 bits per heavy atom. The topological polar surface area (TPSA) is 705 Å². The van der Waals surface area contributed by atoms with E-state index in [4.69, 9.17) is 64.9 Å². The summed E-state index contributed by atoms with van der Waals surface area (Å²) < 4.78 is 64.8. The maximum absolute atomic E-state index is 11.2. The molecule has 41 nitrogen and oxygen atoms in total. The van der Waals surface area contributed by atoms with Crippen molar-refractivity contribution in [3.05, 3.63) is 119 Å². The molecule has 0 aliphatic carbocycles. The van der Waals surface area contributed by atoms with Crippen LogP contribution >= 0.6 is 0 Å². The average molecular weight is 2550 g/mol. The van der Waals surface area contributed by atoms with Crippen molar-refractivity contribution in [2.45, 2.75) is 224 Å². The summed E-state index contributed by atoms with van der Waals surface area (Å²) in [5.41, 5.74) is 3.13. The minimum Gasteiger partial charge on any atom is -0.484 e.